The van der Waals surface area contributed by atoms with Crippen LogP contribution >= 0.6 is 11.8 Å². The van der Waals surface area contributed by atoms with Crippen LogP contribution in [0.5, 0.6) is 0 Å². The molecular weight excluding hydrogens is 321 g/mol. The van der Waals surface area contributed by atoms with Gasteiger partial charge in [-0.15, -0.1) is 5.10 Å². The van der Waals surface area contributed by atoms with Crippen LogP contribution in [0.15, 0.2) is 47.9 Å². The number of carbonyl (C=O) groups is 1. The third kappa shape index (κ3) is 3.34. The molecule has 0 spiro atoms. The van der Waals surface area contributed by atoms with Crippen molar-refractivity contribution in [2.24, 2.45) is 0 Å². The lowest BCUT2D eigenvalue weighted by Gasteiger charge is -2.06. The van der Waals surface area contributed by atoms with E-state index in [1.54, 1.807) is 24.5 Å². The van der Waals surface area contributed by atoms with E-state index in [2.05, 4.69) is 20.3 Å². The number of halogens is 1. The molecule has 0 fully saturated rings. The van der Waals surface area contributed by atoms with Crippen molar-refractivity contribution in [3.8, 4) is 5.69 Å². The molecule has 0 aliphatic carbocycles. The minimum absolute atomic E-state index is 0.183. The summed E-state index contributed by atoms with van der Waals surface area (Å²) in [4.78, 5) is 19.4. The molecule has 1 aromatic carbocycles. The molecule has 2 heterocycles. The smallest absolute Gasteiger partial charge is 0.358 e. The fourth-order valence-corrected chi connectivity index (χ4v) is 2.70. The van der Waals surface area contributed by atoms with Crippen molar-refractivity contribution in [3.05, 3.63) is 59.9 Å². The second-order valence-corrected chi connectivity index (χ2v) is 5.34. The summed E-state index contributed by atoms with van der Waals surface area (Å²) in [7, 11) is 0. The van der Waals surface area contributed by atoms with Crippen molar-refractivity contribution < 1.29 is 14.3 Å². The molecule has 23 heavy (non-hydrogen) atoms. The lowest BCUT2D eigenvalue weighted by molar-refractivity contribution is 0.0689. The van der Waals surface area contributed by atoms with Crippen molar-refractivity contribution in [2.45, 2.75) is 10.9 Å². The first-order valence-electron chi connectivity index (χ1n) is 6.49. The van der Waals surface area contributed by atoms with Crippen LogP contribution < -0.4 is 0 Å². The molecule has 9 heteroatoms. The van der Waals surface area contributed by atoms with E-state index in [1.807, 2.05) is 0 Å². The number of carboxylic acid groups (broad SMARTS) is 1. The Bertz CT molecular complexity index is 840. The topological polar surface area (TPSA) is 93.8 Å². The highest BCUT2D eigenvalue weighted by molar-refractivity contribution is 7.98. The lowest BCUT2D eigenvalue weighted by atomic mass is 10.3. The molecule has 0 atom stereocenters. The van der Waals surface area contributed by atoms with Gasteiger partial charge < -0.3 is 5.11 Å². The third-order valence-corrected chi connectivity index (χ3v) is 3.79. The summed E-state index contributed by atoms with van der Waals surface area (Å²) in [5, 5.41) is 17.2. The molecule has 3 aromatic rings. The van der Waals surface area contributed by atoms with Gasteiger partial charge in [0.05, 0.1) is 11.4 Å². The molecule has 7 nitrogen and oxygen atoms in total. The van der Waals surface area contributed by atoms with E-state index in [0.29, 0.717) is 16.5 Å². The molecule has 0 radical (unpaired) electrons. The number of thioether (sulfide) groups is 1. The third-order valence-electron chi connectivity index (χ3n) is 2.90. The van der Waals surface area contributed by atoms with E-state index in [9.17, 15) is 14.3 Å². The summed E-state index contributed by atoms with van der Waals surface area (Å²) in [6.45, 7) is 0. The van der Waals surface area contributed by atoms with Gasteiger partial charge in [-0.3, -0.25) is 0 Å². The minimum Gasteiger partial charge on any atom is -0.476 e. The van der Waals surface area contributed by atoms with Crippen LogP contribution in [0.3, 0.4) is 0 Å². The molecule has 0 saturated carbocycles. The van der Waals surface area contributed by atoms with Crippen LogP contribution in [-0.2, 0) is 5.75 Å². The van der Waals surface area contributed by atoms with E-state index >= 15 is 0 Å². The van der Waals surface area contributed by atoms with Gasteiger partial charge in [-0.1, -0.05) is 23.0 Å². The monoisotopic (exact) mass is 331 g/mol. The average molecular weight is 331 g/mol. The predicted octanol–water partition coefficient (Wildman–Crippen LogP) is 2.19. The number of aromatic nitrogens is 5. The van der Waals surface area contributed by atoms with E-state index in [1.165, 1.54) is 34.6 Å². The average Bonchev–Trinajstić information content (AvgIpc) is 2.98. The maximum Gasteiger partial charge on any atom is 0.358 e. The Morgan fingerprint density at radius 3 is 2.74 bits per heavy atom. The summed E-state index contributed by atoms with van der Waals surface area (Å²) < 4.78 is 14.7. The lowest BCUT2D eigenvalue weighted by Crippen LogP contribution is -2.06. The Morgan fingerprint density at radius 2 is 2.04 bits per heavy atom. The van der Waals surface area contributed by atoms with Gasteiger partial charge in [0, 0.05) is 18.1 Å². The second-order valence-electron chi connectivity index (χ2n) is 4.40. The molecule has 0 saturated heterocycles. The van der Waals surface area contributed by atoms with Crippen LogP contribution in [0.2, 0.25) is 0 Å². The molecular formula is C14H10FN5O2S. The van der Waals surface area contributed by atoms with Crippen molar-refractivity contribution in [3.63, 3.8) is 0 Å². The number of rotatable bonds is 5. The fraction of sp³-hybridized carbons (Fsp3) is 0.0714. The van der Waals surface area contributed by atoms with Gasteiger partial charge in [-0.2, -0.15) is 0 Å². The second kappa shape index (κ2) is 6.53. The number of carboxylic acids is 1. The van der Waals surface area contributed by atoms with Crippen molar-refractivity contribution in [1.29, 1.82) is 0 Å². The summed E-state index contributed by atoms with van der Waals surface area (Å²) in [6.07, 6.45) is 3.19. The van der Waals surface area contributed by atoms with Crippen LogP contribution in [-0.4, -0.2) is 36.0 Å². The van der Waals surface area contributed by atoms with Gasteiger partial charge in [-0.25, -0.2) is 23.8 Å². The molecule has 2 aromatic heterocycles. The van der Waals surface area contributed by atoms with Gasteiger partial charge in [0.25, 0.3) is 0 Å². The van der Waals surface area contributed by atoms with E-state index in [0.717, 1.165) is 0 Å². The first-order valence-corrected chi connectivity index (χ1v) is 7.47. The maximum absolute atomic E-state index is 13.4. The fourth-order valence-electron chi connectivity index (χ4n) is 1.91. The van der Waals surface area contributed by atoms with E-state index < -0.39 is 11.8 Å². The number of aromatic carboxylic acids is 1. The van der Waals surface area contributed by atoms with Gasteiger partial charge in [0.1, 0.15) is 5.82 Å². The number of hydrogen-bond donors (Lipinski definition) is 1. The van der Waals surface area contributed by atoms with Crippen LogP contribution in [0.25, 0.3) is 5.69 Å². The highest BCUT2D eigenvalue weighted by atomic mass is 32.2. The number of hydrogen-bond acceptors (Lipinski definition) is 6. The Morgan fingerprint density at radius 1 is 1.26 bits per heavy atom. The highest BCUT2D eigenvalue weighted by Crippen LogP contribution is 2.22. The minimum atomic E-state index is -1.20. The van der Waals surface area contributed by atoms with Crippen molar-refractivity contribution >= 4 is 17.7 Å². The molecule has 0 unspecified atom stereocenters. The Balaban J connectivity index is 1.96. The summed E-state index contributed by atoms with van der Waals surface area (Å²) >= 11 is 1.24. The van der Waals surface area contributed by atoms with Crippen LogP contribution in [0.1, 0.15) is 16.2 Å². The highest BCUT2D eigenvalue weighted by Gasteiger charge is 2.20. The largest absolute Gasteiger partial charge is 0.476 e. The van der Waals surface area contributed by atoms with Gasteiger partial charge in [-0.05, 0) is 24.3 Å². The zero-order valence-electron chi connectivity index (χ0n) is 11.6. The zero-order valence-corrected chi connectivity index (χ0v) is 12.4. The van der Waals surface area contributed by atoms with E-state index in [4.69, 9.17) is 0 Å². The number of benzene rings is 1. The first-order chi connectivity index (χ1) is 11.1. The molecule has 0 aliphatic rings. The van der Waals surface area contributed by atoms with Crippen molar-refractivity contribution in [1.82, 2.24) is 25.0 Å². The molecule has 3 rings (SSSR count). The van der Waals surface area contributed by atoms with E-state index in [-0.39, 0.29) is 11.4 Å². The van der Waals surface area contributed by atoms with Crippen LogP contribution in [0, 0.1) is 5.82 Å². The zero-order chi connectivity index (χ0) is 16.2. The molecule has 116 valence electrons. The normalized spacial score (nSPS) is 10.7. The first kappa shape index (κ1) is 15.1. The van der Waals surface area contributed by atoms with Crippen molar-refractivity contribution in [2.75, 3.05) is 0 Å². The molecule has 1 N–H and O–H groups in total. The van der Waals surface area contributed by atoms with Gasteiger partial charge >= 0.3 is 5.97 Å². The Hall–Kier alpha value is -2.81. The maximum atomic E-state index is 13.4. The van der Waals surface area contributed by atoms with Gasteiger partial charge in [0.2, 0.25) is 0 Å². The molecule has 0 aliphatic heterocycles. The molecule has 0 bridgehead atoms. The summed E-state index contributed by atoms with van der Waals surface area (Å²) in [5.74, 6) is -1.41. The molecule has 0 amide bonds. The van der Waals surface area contributed by atoms with Crippen LogP contribution in [0.4, 0.5) is 4.39 Å². The number of nitrogens with zero attached hydrogens (tertiary/aromatic N) is 5. The Labute approximate surface area is 134 Å². The SMILES string of the molecule is O=C(O)c1nnn(-c2cccc(F)c2)c1CSc1ncccn1. The Kier molecular flexibility index (Phi) is 4.29. The summed E-state index contributed by atoms with van der Waals surface area (Å²) in [5.41, 5.74) is 0.549. The van der Waals surface area contributed by atoms with Gasteiger partial charge in [0.15, 0.2) is 10.9 Å². The quantitative estimate of drug-likeness (QED) is 0.565. The predicted molar refractivity (Wildman–Crippen MR) is 79.9 cm³/mol. The standard InChI is InChI=1S/C14H10FN5O2S/c15-9-3-1-4-10(7-9)20-11(12(13(21)22)18-19-20)8-23-14-16-5-2-6-17-14/h1-7H,8H2,(H,21,22). The summed E-state index contributed by atoms with van der Waals surface area (Å²) in [6, 6.07) is 7.38.